The van der Waals surface area contributed by atoms with Gasteiger partial charge in [0, 0.05) is 24.1 Å². The summed E-state index contributed by atoms with van der Waals surface area (Å²) in [6, 6.07) is 15.6. The summed E-state index contributed by atoms with van der Waals surface area (Å²) in [7, 11) is 1.57. The van der Waals surface area contributed by atoms with Gasteiger partial charge in [0.05, 0.1) is 18.7 Å². The molecule has 0 aliphatic heterocycles. The first-order chi connectivity index (χ1) is 11.6. The highest BCUT2D eigenvalue weighted by molar-refractivity contribution is 5.96. The number of nitrogens with zero attached hydrogens (tertiary/aromatic N) is 1. The molecule has 0 heterocycles. The number of amides is 1. The van der Waals surface area contributed by atoms with Crippen molar-refractivity contribution in [3.63, 3.8) is 0 Å². The summed E-state index contributed by atoms with van der Waals surface area (Å²) in [6.07, 6.45) is 1.06. The van der Waals surface area contributed by atoms with Gasteiger partial charge in [-0.1, -0.05) is 0 Å². The molecule has 0 spiro atoms. The Morgan fingerprint density at radius 3 is 2.29 bits per heavy atom. The number of ether oxygens (including phenoxy) is 1. The molecule has 0 saturated carbocycles. The minimum absolute atomic E-state index is 0.00354. The number of Topliss-reactive ketones (excluding diaryl/α,β-unsaturated/α-hetero) is 1. The van der Waals surface area contributed by atoms with Crippen LogP contribution >= 0.6 is 0 Å². The normalized spacial score (nSPS) is 9.83. The minimum atomic E-state index is -0.151. The quantitative estimate of drug-likeness (QED) is 0.791. The number of methoxy groups -OCH3 is 1. The monoisotopic (exact) mass is 322 g/mol. The van der Waals surface area contributed by atoms with E-state index in [0.29, 0.717) is 35.4 Å². The minimum Gasteiger partial charge on any atom is -0.497 e. The highest BCUT2D eigenvalue weighted by atomic mass is 16.5. The van der Waals surface area contributed by atoms with Gasteiger partial charge in [0.1, 0.15) is 5.75 Å². The molecule has 122 valence electrons. The lowest BCUT2D eigenvalue weighted by Gasteiger charge is -2.05. The molecule has 0 aliphatic rings. The first-order valence-electron chi connectivity index (χ1n) is 7.59. The van der Waals surface area contributed by atoms with Gasteiger partial charge in [-0.15, -0.1) is 0 Å². The molecule has 2 aromatic rings. The Morgan fingerprint density at radius 2 is 1.71 bits per heavy atom. The number of anilines is 1. The van der Waals surface area contributed by atoms with Gasteiger partial charge in [-0.2, -0.15) is 5.26 Å². The van der Waals surface area contributed by atoms with Crippen molar-refractivity contribution in [2.75, 3.05) is 12.4 Å². The van der Waals surface area contributed by atoms with E-state index in [-0.39, 0.29) is 18.1 Å². The van der Waals surface area contributed by atoms with Crippen LogP contribution in [0.2, 0.25) is 0 Å². The summed E-state index contributed by atoms with van der Waals surface area (Å²) in [5.41, 5.74) is 1.79. The molecule has 0 aromatic heterocycles. The zero-order valence-electron chi connectivity index (χ0n) is 13.4. The molecule has 5 heteroatoms. The fourth-order valence-corrected chi connectivity index (χ4v) is 2.18. The van der Waals surface area contributed by atoms with Gasteiger partial charge in [-0.3, -0.25) is 9.59 Å². The second-order valence-corrected chi connectivity index (χ2v) is 5.24. The van der Waals surface area contributed by atoms with Crippen molar-refractivity contribution < 1.29 is 14.3 Å². The lowest BCUT2D eigenvalue weighted by molar-refractivity contribution is -0.116. The molecule has 24 heavy (non-hydrogen) atoms. The number of nitriles is 1. The number of hydrogen-bond acceptors (Lipinski definition) is 4. The summed E-state index contributed by atoms with van der Waals surface area (Å²) in [6.45, 7) is 0. The van der Waals surface area contributed by atoms with Crippen molar-refractivity contribution in [2.45, 2.75) is 19.3 Å². The Balaban J connectivity index is 1.76. The molecule has 0 aliphatic carbocycles. The van der Waals surface area contributed by atoms with Crippen LogP contribution in [0.5, 0.6) is 5.75 Å². The molecule has 2 aromatic carbocycles. The highest BCUT2D eigenvalue weighted by Gasteiger charge is 2.08. The number of ketones is 1. The maximum Gasteiger partial charge on any atom is 0.224 e. The van der Waals surface area contributed by atoms with E-state index in [1.54, 1.807) is 55.6 Å². The average Bonchev–Trinajstić information content (AvgIpc) is 2.62. The number of carbonyl (C=O) groups is 2. The van der Waals surface area contributed by atoms with Crippen LogP contribution in [0.1, 0.15) is 35.2 Å². The fraction of sp³-hybridized carbons (Fsp3) is 0.211. The number of carbonyl (C=O) groups excluding carboxylic acids is 2. The Hall–Kier alpha value is -3.13. The second-order valence-electron chi connectivity index (χ2n) is 5.24. The highest BCUT2D eigenvalue weighted by Crippen LogP contribution is 2.14. The van der Waals surface area contributed by atoms with E-state index < -0.39 is 0 Å². The molecule has 1 amide bonds. The standard InChI is InChI=1S/C19H18N2O3/c1-24-17-11-7-15(8-12-17)18(22)3-2-4-19(23)21-16-9-5-14(13-20)6-10-16/h5-12H,2-4H2,1H3,(H,21,23). The predicted octanol–water partition coefficient (Wildman–Crippen LogP) is 3.56. The van der Waals surface area contributed by atoms with Gasteiger partial charge in [0.15, 0.2) is 5.78 Å². The predicted molar refractivity (Wildman–Crippen MR) is 91.0 cm³/mol. The third kappa shape index (κ3) is 4.96. The van der Waals surface area contributed by atoms with E-state index >= 15 is 0 Å². The molecule has 0 radical (unpaired) electrons. The van der Waals surface area contributed by atoms with Crippen molar-refractivity contribution in [1.29, 1.82) is 5.26 Å². The van der Waals surface area contributed by atoms with Crippen LogP contribution in [0.4, 0.5) is 5.69 Å². The average molecular weight is 322 g/mol. The van der Waals surface area contributed by atoms with Gasteiger partial charge in [-0.25, -0.2) is 0 Å². The zero-order valence-corrected chi connectivity index (χ0v) is 13.4. The molecule has 0 atom stereocenters. The van der Waals surface area contributed by atoms with Crippen LogP contribution in [0, 0.1) is 11.3 Å². The molecular formula is C19H18N2O3. The summed E-state index contributed by atoms with van der Waals surface area (Å²) < 4.78 is 5.05. The van der Waals surface area contributed by atoms with Gasteiger partial charge in [-0.05, 0) is 55.0 Å². The second kappa shape index (κ2) is 8.49. The van der Waals surface area contributed by atoms with E-state index in [1.807, 2.05) is 6.07 Å². The smallest absolute Gasteiger partial charge is 0.224 e. The van der Waals surface area contributed by atoms with Crippen LogP contribution in [0.3, 0.4) is 0 Å². The van der Waals surface area contributed by atoms with Gasteiger partial charge < -0.3 is 10.1 Å². The summed E-state index contributed by atoms with van der Waals surface area (Å²) in [5.74, 6) is 0.555. The van der Waals surface area contributed by atoms with Gasteiger partial charge >= 0.3 is 0 Å². The molecule has 2 rings (SSSR count). The van der Waals surface area contributed by atoms with Crippen molar-refractivity contribution in [1.82, 2.24) is 0 Å². The molecule has 0 unspecified atom stereocenters. The van der Waals surface area contributed by atoms with E-state index in [2.05, 4.69) is 5.32 Å². The number of hydrogen-bond donors (Lipinski definition) is 1. The van der Waals surface area contributed by atoms with Crippen molar-refractivity contribution in [2.24, 2.45) is 0 Å². The third-order valence-corrected chi connectivity index (χ3v) is 3.52. The van der Waals surface area contributed by atoms with E-state index in [0.717, 1.165) is 0 Å². The van der Waals surface area contributed by atoms with Crippen LogP contribution in [0.15, 0.2) is 48.5 Å². The van der Waals surface area contributed by atoms with Crippen LogP contribution in [-0.2, 0) is 4.79 Å². The van der Waals surface area contributed by atoms with Crippen molar-refractivity contribution in [3.8, 4) is 11.8 Å². The van der Waals surface area contributed by atoms with Gasteiger partial charge in [0.25, 0.3) is 0 Å². The summed E-state index contributed by atoms with van der Waals surface area (Å²) in [4.78, 5) is 23.9. The molecular weight excluding hydrogens is 304 g/mol. The largest absolute Gasteiger partial charge is 0.497 e. The van der Waals surface area contributed by atoms with E-state index in [4.69, 9.17) is 10.00 Å². The number of nitrogens with one attached hydrogen (secondary N) is 1. The molecule has 0 fully saturated rings. The fourth-order valence-electron chi connectivity index (χ4n) is 2.18. The molecule has 1 N–H and O–H groups in total. The first-order valence-corrected chi connectivity index (χ1v) is 7.59. The lowest BCUT2D eigenvalue weighted by Crippen LogP contribution is -2.12. The third-order valence-electron chi connectivity index (χ3n) is 3.52. The molecule has 5 nitrogen and oxygen atoms in total. The maximum absolute atomic E-state index is 12.1. The van der Waals surface area contributed by atoms with Crippen LogP contribution in [0.25, 0.3) is 0 Å². The van der Waals surface area contributed by atoms with Gasteiger partial charge in [0.2, 0.25) is 5.91 Å². The summed E-state index contributed by atoms with van der Waals surface area (Å²) >= 11 is 0. The summed E-state index contributed by atoms with van der Waals surface area (Å²) in [5, 5.41) is 11.5. The lowest BCUT2D eigenvalue weighted by atomic mass is 10.1. The Labute approximate surface area is 140 Å². The molecule has 0 saturated heterocycles. The van der Waals surface area contributed by atoms with Crippen molar-refractivity contribution >= 4 is 17.4 Å². The first kappa shape index (κ1) is 17.2. The van der Waals surface area contributed by atoms with E-state index in [9.17, 15) is 9.59 Å². The van der Waals surface area contributed by atoms with Crippen molar-refractivity contribution in [3.05, 3.63) is 59.7 Å². The van der Waals surface area contributed by atoms with E-state index in [1.165, 1.54) is 0 Å². The zero-order chi connectivity index (χ0) is 17.4. The number of benzene rings is 2. The number of rotatable bonds is 7. The van der Waals surface area contributed by atoms with Crippen LogP contribution < -0.4 is 10.1 Å². The Morgan fingerprint density at radius 1 is 1.04 bits per heavy atom. The Bertz CT molecular complexity index is 744. The Kier molecular flexibility index (Phi) is 6.09. The SMILES string of the molecule is COc1ccc(C(=O)CCCC(=O)Nc2ccc(C#N)cc2)cc1. The van der Waals surface area contributed by atoms with Crippen LogP contribution in [-0.4, -0.2) is 18.8 Å². The molecule has 0 bridgehead atoms. The topological polar surface area (TPSA) is 79.2 Å². The maximum atomic E-state index is 12.1.